The van der Waals surface area contributed by atoms with Crippen LogP contribution in [-0.4, -0.2) is 42.2 Å². The Morgan fingerprint density at radius 3 is 3.06 bits per heavy atom. The van der Waals surface area contributed by atoms with Crippen molar-refractivity contribution in [2.45, 2.75) is 0 Å². The third-order valence-electron chi connectivity index (χ3n) is 2.75. The number of rotatable bonds is 3. The number of β-amino-alcohol motifs (C(OH)–C–C–N with tert-alkyl or cyclic N) is 1. The number of amides is 1. The molecule has 0 fully saturated rings. The maximum absolute atomic E-state index is 12.2. The number of carbonyl (C=O) groups is 1. The van der Waals surface area contributed by atoms with E-state index >= 15 is 0 Å². The molecule has 1 amide bonds. The molecule has 0 saturated carbocycles. The summed E-state index contributed by atoms with van der Waals surface area (Å²) in [5.41, 5.74) is 1.42. The first kappa shape index (κ1) is 11.7. The molecular formula is C13H15NO3. The summed E-state index contributed by atoms with van der Waals surface area (Å²) in [4.78, 5) is 13.8. The van der Waals surface area contributed by atoms with Crippen LogP contribution >= 0.6 is 0 Å². The molecular weight excluding hydrogens is 218 g/mol. The maximum atomic E-state index is 12.2. The third-order valence-corrected chi connectivity index (χ3v) is 2.75. The molecule has 0 radical (unpaired) electrons. The van der Waals surface area contributed by atoms with Gasteiger partial charge in [-0.25, -0.2) is 0 Å². The van der Waals surface area contributed by atoms with E-state index in [0.29, 0.717) is 31.0 Å². The van der Waals surface area contributed by atoms with Gasteiger partial charge in [-0.1, -0.05) is 18.7 Å². The molecule has 90 valence electrons. The van der Waals surface area contributed by atoms with Crippen LogP contribution in [0.25, 0.3) is 6.08 Å². The summed E-state index contributed by atoms with van der Waals surface area (Å²) >= 11 is 0. The number of hydrogen-bond acceptors (Lipinski definition) is 3. The highest BCUT2D eigenvalue weighted by atomic mass is 16.5. The van der Waals surface area contributed by atoms with E-state index in [0.717, 1.165) is 5.56 Å². The SMILES string of the molecule is C=Cc1ccc2c(c1)C(=O)N(CCO)CCO2. The lowest BCUT2D eigenvalue weighted by Crippen LogP contribution is -2.34. The highest BCUT2D eigenvalue weighted by Gasteiger charge is 2.22. The number of aliphatic hydroxyl groups is 1. The average Bonchev–Trinajstić information content (AvgIpc) is 2.51. The number of ether oxygens (including phenoxy) is 1. The van der Waals surface area contributed by atoms with E-state index in [4.69, 9.17) is 9.84 Å². The first-order valence-electron chi connectivity index (χ1n) is 5.55. The Balaban J connectivity index is 2.38. The van der Waals surface area contributed by atoms with Gasteiger partial charge >= 0.3 is 0 Å². The van der Waals surface area contributed by atoms with Crippen molar-refractivity contribution in [1.29, 1.82) is 0 Å². The Morgan fingerprint density at radius 1 is 1.53 bits per heavy atom. The lowest BCUT2D eigenvalue weighted by molar-refractivity contribution is 0.0721. The first-order chi connectivity index (χ1) is 8.26. The van der Waals surface area contributed by atoms with E-state index in [-0.39, 0.29) is 12.5 Å². The molecule has 0 bridgehead atoms. The summed E-state index contributed by atoms with van der Waals surface area (Å²) in [6.07, 6.45) is 1.69. The second-order valence-corrected chi connectivity index (χ2v) is 3.82. The van der Waals surface area contributed by atoms with E-state index < -0.39 is 0 Å². The molecule has 1 aliphatic heterocycles. The number of nitrogens with zero attached hydrogens (tertiary/aromatic N) is 1. The van der Waals surface area contributed by atoms with Crippen molar-refractivity contribution in [3.63, 3.8) is 0 Å². The van der Waals surface area contributed by atoms with E-state index in [9.17, 15) is 4.79 Å². The molecule has 0 aromatic heterocycles. The molecule has 2 rings (SSSR count). The van der Waals surface area contributed by atoms with E-state index in [1.807, 2.05) is 6.07 Å². The molecule has 17 heavy (non-hydrogen) atoms. The van der Waals surface area contributed by atoms with Crippen LogP contribution < -0.4 is 4.74 Å². The van der Waals surface area contributed by atoms with Crippen LogP contribution in [0.2, 0.25) is 0 Å². The van der Waals surface area contributed by atoms with Crippen LogP contribution in [0.4, 0.5) is 0 Å². The molecule has 4 heteroatoms. The maximum Gasteiger partial charge on any atom is 0.257 e. The van der Waals surface area contributed by atoms with Gasteiger partial charge in [0.2, 0.25) is 0 Å². The summed E-state index contributed by atoms with van der Waals surface area (Å²) in [7, 11) is 0. The molecule has 1 aliphatic rings. The first-order valence-corrected chi connectivity index (χ1v) is 5.55. The molecule has 1 aromatic rings. The standard InChI is InChI=1S/C13H15NO3/c1-2-10-3-4-12-11(9-10)13(16)14(5-7-15)6-8-17-12/h2-4,9,15H,1,5-8H2. The molecule has 0 saturated heterocycles. The van der Waals surface area contributed by atoms with Crippen molar-refractivity contribution in [3.8, 4) is 5.75 Å². The third kappa shape index (κ3) is 2.31. The zero-order chi connectivity index (χ0) is 12.3. The largest absolute Gasteiger partial charge is 0.491 e. The molecule has 0 aliphatic carbocycles. The van der Waals surface area contributed by atoms with Gasteiger partial charge in [0, 0.05) is 6.54 Å². The Kier molecular flexibility index (Phi) is 3.44. The molecule has 4 nitrogen and oxygen atoms in total. The fraction of sp³-hybridized carbons (Fsp3) is 0.308. The van der Waals surface area contributed by atoms with E-state index in [1.165, 1.54) is 0 Å². The Labute approximate surface area is 100 Å². The molecule has 0 spiro atoms. The monoisotopic (exact) mass is 233 g/mol. The van der Waals surface area contributed by atoms with Crippen LogP contribution in [0.15, 0.2) is 24.8 Å². The molecule has 1 N–H and O–H groups in total. The average molecular weight is 233 g/mol. The van der Waals surface area contributed by atoms with Gasteiger partial charge in [-0.15, -0.1) is 0 Å². The normalized spacial score (nSPS) is 14.9. The molecule has 1 heterocycles. The van der Waals surface area contributed by atoms with E-state index in [1.54, 1.807) is 23.1 Å². The van der Waals surface area contributed by atoms with Crippen molar-refractivity contribution in [3.05, 3.63) is 35.9 Å². The van der Waals surface area contributed by atoms with Crippen molar-refractivity contribution in [2.24, 2.45) is 0 Å². The van der Waals surface area contributed by atoms with Gasteiger partial charge in [-0.3, -0.25) is 4.79 Å². The van der Waals surface area contributed by atoms with Gasteiger partial charge in [0.25, 0.3) is 5.91 Å². The number of fused-ring (bicyclic) bond motifs is 1. The van der Waals surface area contributed by atoms with E-state index in [2.05, 4.69) is 6.58 Å². The summed E-state index contributed by atoms with van der Waals surface area (Å²) in [5.74, 6) is 0.497. The number of carbonyl (C=O) groups excluding carboxylic acids is 1. The fourth-order valence-electron chi connectivity index (χ4n) is 1.84. The van der Waals surface area contributed by atoms with Gasteiger partial charge in [-0.2, -0.15) is 0 Å². The predicted molar refractivity (Wildman–Crippen MR) is 65.0 cm³/mol. The van der Waals surface area contributed by atoms with Gasteiger partial charge in [0.15, 0.2) is 0 Å². The Morgan fingerprint density at radius 2 is 2.35 bits per heavy atom. The number of benzene rings is 1. The summed E-state index contributed by atoms with van der Waals surface area (Å²) < 4.78 is 5.52. The minimum Gasteiger partial charge on any atom is -0.491 e. The van der Waals surface area contributed by atoms with Gasteiger partial charge in [0.05, 0.1) is 18.7 Å². The fourth-order valence-corrected chi connectivity index (χ4v) is 1.84. The Bertz CT molecular complexity index is 442. The zero-order valence-electron chi connectivity index (χ0n) is 9.56. The minimum absolute atomic E-state index is 0.0395. The highest BCUT2D eigenvalue weighted by molar-refractivity contribution is 5.97. The lowest BCUT2D eigenvalue weighted by atomic mass is 10.1. The number of hydrogen-bond donors (Lipinski definition) is 1. The summed E-state index contributed by atoms with van der Waals surface area (Å²) in [6.45, 7) is 4.92. The molecule has 0 unspecified atom stereocenters. The van der Waals surface area contributed by atoms with Crippen molar-refractivity contribution >= 4 is 12.0 Å². The quantitative estimate of drug-likeness (QED) is 0.852. The predicted octanol–water partition coefficient (Wildman–Crippen LogP) is 1.16. The molecule has 1 aromatic carbocycles. The molecule has 0 atom stereocenters. The summed E-state index contributed by atoms with van der Waals surface area (Å²) in [5, 5.41) is 8.93. The van der Waals surface area contributed by atoms with Crippen molar-refractivity contribution < 1.29 is 14.6 Å². The lowest BCUT2D eigenvalue weighted by Gasteiger charge is -2.18. The minimum atomic E-state index is -0.102. The van der Waals surface area contributed by atoms with Crippen LogP contribution in [0.5, 0.6) is 5.75 Å². The van der Waals surface area contributed by atoms with Gasteiger partial charge < -0.3 is 14.7 Å². The van der Waals surface area contributed by atoms with Gasteiger partial charge in [-0.05, 0) is 17.7 Å². The van der Waals surface area contributed by atoms with Crippen LogP contribution in [-0.2, 0) is 0 Å². The smallest absolute Gasteiger partial charge is 0.257 e. The zero-order valence-corrected chi connectivity index (χ0v) is 9.56. The Hall–Kier alpha value is -1.81. The van der Waals surface area contributed by atoms with Crippen LogP contribution in [0.3, 0.4) is 0 Å². The van der Waals surface area contributed by atoms with Crippen LogP contribution in [0.1, 0.15) is 15.9 Å². The van der Waals surface area contributed by atoms with Crippen molar-refractivity contribution in [2.75, 3.05) is 26.3 Å². The number of aliphatic hydroxyl groups excluding tert-OH is 1. The second kappa shape index (κ2) is 5.01. The second-order valence-electron chi connectivity index (χ2n) is 3.82. The topological polar surface area (TPSA) is 49.8 Å². The van der Waals surface area contributed by atoms with Gasteiger partial charge in [0.1, 0.15) is 12.4 Å². The summed E-state index contributed by atoms with van der Waals surface area (Å²) in [6, 6.07) is 5.41. The van der Waals surface area contributed by atoms with Crippen LogP contribution in [0, 0.1) is 0 Å². The highest BCUT2D eigenvalue weighted by Crippen LogP contribution is 2.24. The van der Waals surface area contributed by atoms with Crippen molar-refractivity contribution in [1.82, 2.24) is 4.90 Å².